The third-order valence-corrected chi connectivity index (χ3v) is 4.60. The van der Waals surface area contributed by atoms with Gasteiger partial charge < -0.3 is 14.8 Å². The molecule has 0 atom stereocenters. The fraction of sp³-hybridized carbons (Fsp3) is 0.238. The van der Waals surface area contributed by atoms with Crippen LogP contribution < -0.4 is 14.8 Å². The van der Waals surface area contributed by atoms with E-state index in [4.69, 9.17) is 9.47 Å². The average Bonchev–Trinajstić information content (AvgIpc) is 3.26. The lowest BCUT2D eigenvalue weighted by molar-refractivity contribution is -0.385. The summed E-state index contributed by atoms with van der Waals surface area (Å²) in [5.41, 5.74) is 1.68. The number of carbonyl (C=O) groups excluding carboxylic acids is 1. The van der Waals surface area contributed by atoms with E-state index in [1.54, 1.807) is 14.2 Å². The van der Waals surface area contributed by atoms with Gasteiger partial charge in [-0.3, -0.25) is 19.6 Å². The van der Waals surface area contributed by atoms with E-state index in [0.29, 0.717) is 0 Å². The summed E-state index contributed by atoms with van der Waals surface area (Å²) in [6, 6.07) is 14.5. The van der Waals surface area contributed by atoms with E-state index in [1.165, 1.54) is 10.9 Å². The highest BCUT2D eigenvalue weighted by Crippen LogP contribution is 2.26. The van der Waals surface area contributed by atoms with E-state index in [9.17, 15) is 14.9 Å². The van der Waals surface area contributed by atoms with Gasteiger partial charge in [0.1, 0.15) is 23.9 Å². The summed E-state index contributed by atoms with van der Waals surface area (Å²) in [4.78, 5) is 22.9. The lowest BCUT2D eigenvalue weighted by Crippen LogP contribution is -2.30. The van der Waals surface area contributed by atoms with Crippen molar-refractivity contribution in [3.8, 4) is 11.5 Å². The molecule has 9 nitrogen and oxygen atoms in total. The molecule has 156 valence electrons. The van der Waals surface area contributed by atoms with Gasteiger partial charge in [0.05, 0.1) is 25.2 Å². The van der Waals surface area contributed by atoms with Crippen molar-refractivity contribution < 1.29 is 19.2 Å². The molecule has 0 fully saturated rings. The second-order valence-electron chi connectivity index (χ2n) is 6.52. The fourth-order valence-electron chi connectivity index (χ4n) is 2.97. The Balaban J connectivity index is 1.74. The van der Waals surface area contributed by atoms with Crippen LogP contribution in [0.5, 0.6) is 11.5 Å². The topological polar surface area (TPSA) is 109 Å². The minimum Gasteiger partial charge on any atom is -0.497 e. The monoisotopic (exact) mass is 410 g/mol. The lowest BCUT2D eigenvalue weighted by atomic mass is 9.98. The Labute approximate surface area is 173 Å². The Bertz CT molecular complexity index is 951. The van der Waals surface area contributed by atoms with Crippen LogP contribution in [0, 0.1) is 10.1 Å². The molecule has 3 aromatic rings. The van der Waals surface area contributed by atoms with Crippen molar-refractivity contribution >= 4 is 11.6 Å². The second kappa shape index (κ2) is 9.55. The number of nitrogens with zero attached hydrogens (tertiary/aromatic N) is 3. The van der Waals surface area contributed by atoms with E-state index >= 15 is 0 Å². The molecular formula is C21H22N4O5. The number of nitrogens with one attached hydrogen (secondary N) is 1. The van der Waals surface area contributed by atoms with Gasteiger partial charge in [-0.25, -0.2) is 0 Å². The van der Waals surface area contributed by atoms with Crippen molar-refractivity contribution in [3.05, 3.63) is 82.2 Å². The third kappa shape index (κ3) is 5.13. The highest BCUT2D eigenvalue weighted by molar-refractivity contribution is 5.77. The molecule has 1 N–H and O–H groups in total. The maximum atomic E-state index is 12.6. The lowest BCUT2D eigenvalue weighted by Gasteiger charge is -2.20. The molecule has 0 aliphatic heterocycles. The van der Waals surface area contributed by atoms with E-state index in [2.05, 4.69) is 10.4 Å². The number of carbonyl (C=O) groups is 1. The summed E-state index contributed by atoms with van der Waals surface area (Å²) >= 11 is 0. The van der Waals surface area contributed by atoms with Gasteiger partial charge in [-0.05, 0) is 35.4 Å². The van der Waals surface area contributed by atoms with Crippen molar-refractivity contribution in [3.63, 3.8) is 0 Å². The van der Waals surface area contributed by atoms with Gasteiger partial charge in [0.15, 0.2) is 0 Å². The molecular weight excluding hydrogens is 388 g/mol. The zero-order chi connectivity index (χ0) is 21.5. The normalized spacial score (nSPS) is 10.6. The Morgan fingerprint density at radius 2 is 1.60 bits per heavy atom. The first kappa shape index (κ1) is 20.8. The summed E-state index contributed by atoms with van der Waals surface area (Å²) in [6.07, 6.45) is 2.59. The van der Waals surface area contributed by atoms with Crippen molar-refractivity contribution in [1.29, 1.82) is 0 Å². The van der Waals surface area contributed by atoms with Crippen molar-refractivity contribution in [2.45, 2.75) is 19.0 Å². The van der Waals surface area contributed by atoms with Gasteiger partial charge in [-0.1, -0.05) is 24.3 Å². The smallest absolute Gasteiger partial charge is 0.306 e. The summed E-state index contributed by atoms with van der Waals surface area (Å²) in [7, 11) is 3.19. The number of amides is 1. The van der Waals surface area contributed by atoms with Gasteiger partial charge in [0.25, 0.3) is 0 Å². The Morgan fingerprint density at radius 1 is 1.07 bits per heavy atom. The summed E-state index contributed by atoms with van der Waals surface area (Å²) in [5.74, 6) is 1.24. The number of hydrogen-bond donors (Lipinski definition) is 1. The van der Waals surface area contributed by atoms with E-state index in [0.717, 1.165) is 28.8 Å². The Hall–Kier alpha value is -3.88. The summed E-state index contributed by atoms with van der Waals surface area (Å²) < 4.78 is 11.8. The van der Waals surface area contributed by atoms with E-state index in [-0.39, 0.29) is 30.6 Å². The van der Waals surface area contributed by atoms with Crippen LogP contribution >= 0.6 is 0 Å². The predicted octanol–water partition coefficient (Wildman–Crippen LogP) is 3.10. The van der Waals surface area contributed by atoms with Gasteiger partial charge >= 0.3 is 5.69 Å². The van der Waals surface area contributed by atoms with Crippen LogP contribution in [0.2, 0.25) is 0 Å². The molecule has 3 rings (SSSR count). The van der Waals surface area contributed by atoms with Crippen LogP contribution in [0.1, 0.15) is 23.6 Å². The van der Waals surface area contributed by atoms with Gasteiger partial charge in [-0.15, -0.1) is 0 Å². The van der Waals surface area contributed by atoms with Crippen molar-refractivity contribution in [2.75, 3.05) is 14.2 Å². The Morgan fingerprint density at radius 3 is 2.03 bits per heavy atom. The number of hydrogen-bond acceptors (Lipinski definition) is 6. The number of rotatable bonds is 9. The van der Waals surface area contributed by atoms with Crippen LogP contribution in [-0.2, 0) is 11.3 Å². The molecule has 1 amide bonds. The molecule has 0 aliphatic rings. The number of nitro groups is 1. The number of aromatic nitrogens is 2. The third-order valence-electron chi connectivity index (χ3n) is 4.60. The van der Waals surface area contributed by atoms with Gasteiger partial charge in [0, 0.05) is 13.0 Å². The zero-order valence-corrected chi connectivity index (χ0v) is 16.6. The van der Waals surface area contributed by atoms with E-state index in [1.807, 2.05) is 48.5 Å². The average molecular weight is 410 g/mol. The van der Waals surface area contributed by atoms with E-state index < -0.39 is 4.92 Å². The number of methoxy groups -OCH3 is 2. The first-order valence-electron chi connectivity index (χ1n) is 9.24. The maximum absolute atomic E-state index is 12.6. The molecule has 0 spiro atoms. The summed E-state index contributed by atoms with van der Waals surface area (Å²) in [5, 5.41) is 17.7. The number of ether oxygens (including phenoxy) is 2. The number of aryl methyl sites for hydroxylation is 1. The van der Waals surface area contributed by atoms with Gasteiger partial charge in [0.2, 0.25) is 5.91 Å². The van der Waals surface area contributed by atoms with Crippen LogP contribution in [0.15, 0.2) is 60.9 Å². The number of benzene rings is 2. The highest BCUT2D eigenvalue weighted by atomic mass is 16.6. The predicted molar refractivity (Wildman–Crippen MR) is 109 cm³/mol. The van der Waals surface area contributed by atoms with Crippen molar-refractivity contribution in [2.24, 2.45) is 0 Å². The SMILES string of the molecule is COc1ccc(C(NC(=O)CCn2cc([N+](=O)[O-])cn2)c2ccc(OC)cc2)cc1. The first-order chi connectivity index (χ1) is 14.5. The molecule has 9 heteroatoms. The van der Waals surface area contributed by atoms with Crippen LogP contribution in [0.3, 0.4) is 0 Å². The molecule has 0 saturated heterocycles. The van der Waals surface area contributed by atoms with Crippen molar-refractivity contribution in [1.82, 2.24) is 15.1 Å². The molecule has 0 unspecified atom stereocenters. The minimum atomic E-state index is -0.521. The van der Waals surface area contributed by atoms with Crippen LogP contribution in [0.4, 0.5) is 5.69 Å². The minimum absolute atomic E-state index is 0.107. The highest BCUT2D eigenvalue weighted by Gasteiger charge is 2.18. The molecule has 1 heterocycles. The molecule has 2 aromatic carbocycles. The second-order valence-corrected chi connectivity index (χ2v) is 6.52. The summed E-state index contributed by atoms with van der Waals surface area (Å²) in [6.45, 7) is 0.234. The molecule has 0 aliphatic carbocycles. The van der Waals surface area contributed by atoms with Crippen LogP contribution in [0.25, 0.3) is 0 Å². The largest absolute Gasteiger partial charge is 0.497 e. The Kier molecular flexibility index (Phi) is 6.63. The van der Waals surface area contributed by atoms with Gasteiger partial charge in [-0.2, -0.15) is 5.10 Å². The zero-order valence-electron chi connectivity index (χ0n) is 16.6. The first-order valence-corrected chi connectivity index (χ1v) is 9.24. The molecule has 1 aromatic heterocycles. The molecule has 30 heavy (non-hydrogen) atoms. The molecule has 0 radical (unpaired) electrons. The molecule has 0 saturated carbocycles. The van der Waals surface area contributed by atoms with Crippen LogP contribution in [-0.4, -0.2) is 34.8 Å². The standard InChI is InChI=1S/C21H22N4O5/c1-29-18-7-3-15(4-8-18)21(16-5-9-19(30-2)10-6-16)23-20(26)11-12-24-14-17(13-22-24)25(27)28/h3-10,13-14,21H,11-12H2,1-2H3,(H,23,26). The quantitative estimate of drug-likeness (QED) is 0.429. The fourth-order valence-corrected chi connectivity index (χ4v) is 2.97. The maximum Gasteiger partial charge on any atom is 0.306 e. The molecule has 0 bridgehead atoms.